The lowest BCUT2D eigenvalue weighted by Crippen LogP contribution is -2.50. The van der Waals surface area contributed by atoms with Crippen molar-refractivity contribution in [3.05, 3.63) is 23.8 Å². The Morgan fingerprint density at radius 3 is 1.86 bits per heavy atom. The molecule has 0 saturated carbocycles. The molecule has 0 aromatic carbocycles. The molecule has 156 valence electrons. The maximum Gasteiger partial charge on any atom is 0.246 e. The van der Waals surface area contributed by atoms with Crippen LogP contribution in [0.15, 0.2) is 22.2 Å². The Morgan fingerprint density at radius 1 is 0.893 bits per heavy atom. The maximum absolute atomic E-state index is 13.0. The Morgan fingerprint density at radius 2 is 1.43 bits per heavy atom. The molecule has 3 rings (SSSR count). The zero-order chi connectivity index (χ0) is 20.7. The van der Waals surface area contributed by atoms with E-state index in [0.29, 0.717) is 24.5 Å². The summed E-state index contributed by atoms with van der Waals surface area (Å²) < 4.78 is 57.7. The highest BCUT2D eigenvalue weighted by atomic mass is 32.2. The van der Waals surface area contributed by atoms with E-state index in [2.05, 4.69) is 10.2 Å². The van der Waals surface area contributed by atoms with E-state index in [1.807, 2.05) is 13.8 Å². The number of hydrogen-bond acceptors (Lipinski definition) is 6. The molecule has 0 atom stereocenters. The van der Waals surface area contributed by atoms with E-state index in [0.717, 1.165) is 0 Å². The van der Waals surface area contributed by atoms with Crippen molar-refractivity contribution in [1.82, 2.24) is 28.2 Å². The van der Waals surface area contributed by atoms with Crippen LogP contribution < -0.4 is 0 Å². The van der Waals surface area contributed by atoms with E-state index in [-0.39, 0.29) is 36.0 Å². The molecule has 0 aliphatic carbocycles. The van der Waals surface area contributed by atoms with Crippen molar-refractivity contribution < 1.29 is 16.8 Å². The summed E-state index contributed by atoms with van der Waals surface area (Å²) in [5, 5.41) is 8.30. The number of aryl methyl sites for hydroxylation is 3. The van der Waals surface area contributed by atoms with E-state index in [1.165, 1.54) is 21.0 Å². The standard InChI is InChI=1S/C16H26N6O4S2/c1-5-19-12-16(13(3)18-19)28(25,26)21-9-7-20(8-10-21)27(23,24)15-11-17-22(6-2)14(15)4/h11-12H,5-10H2,1-4H3. The SMILES string of the molecule is CCn1cc(S(=O)(=O)N2CCN(S(=O)(=O)c3cnn(CC)c3C)CC2)c(C)n1. The van der Waals surface area contributed by atoms with E-state index in [4.69, 9.17) is 0 Å². The van der Waals surface area contributed by atoms with Gasteiger partial charge >= 0.3 is 0 Å². The van der Waals surface area contributed by atoms with Crippen LogP contribution in [0.3, 0.4) is 0 Å². The van der Waals surface area contributed by atoms with Gasteiger partial charge in [0.1, 0.15) is 9.79 Å². The minimum Gasteiger partial charge on any atom is -0.271 e. The van der Waals surface area contributed by atoms with Crippen LogP contribution in [0.4, 0.5) is 0 Å². The van der Waals surface area contributed by atoms with Crippen molar-refractivity contribution in [2.75, 3.05) is 26.2 Å². The molecule has 1 saturated heterocycles. The average molecular weight is 431 g/mol. The van der Waals surface area contributed by atoms with Crippen LogP contribution >= 0.6 is 0 Å². The first kappa shape index (κ1) is 21.0. The number of hydrogen-bond donors (Lipinski definition) is 0. The molecular weight excluding hydrogens is 404 g/mol. The first-order chi connectivity index (χ1) is 13.1. The molecule has 28 heavy (non-hydrogen) atoms. The lowest BCUT2D eigenvalue weighted by atomic mass is 10.4. The van der Waals surface area contributed by atoms with Gasteiger partial charge in [-0.2, -0.15) is 18.8 Å². The van der Waals surface area contributed by atoms with Crippen molar-refractivity contribution in [1.29, 1.82) is 0 Å². The third kappa shape index (κ3) is 3.49. The van der Waals surface area contributed by atoms with Gasteiger partial charge in [-0.15, -0.1) is 0 Å². The van der Waals surface area contributed by atoms with Crippen LogP contribution in [0.25, 0.3) is 0 Å². The number of piperazine rings is 1. The van der Waals surface area contributed by atoms with Crippen LogP contribution in [0.2, 0.25) is 0 Å². The Balaban J connectivity index is 1.78. The minimum atomic E-state index is -3.71. The molecule has 2 aromatic rings. The van der Waals surface area contributed by atoms with Crippen molar-refractivity contribution in [3.8, 4) is 0 Å². The van der Waals surface area contributed by atoms with Crippen LogP contribution in [0.5, 0.6) is 0 Å². The van der Waals surface area contributed by atoms with Crippen molar-refractivity contribution in [2.45, 2.75) is 50.6 Å². The van der Waals surface area contributed by atoms with E-state index in [9.17, 15) is 16.8 Å². The second-order valence-corrected chi connectivity index (χ2v) is 10.5. The third-order valence-electron chi connectivity index (χ3n) is 5.02. The lowest BCUT2D eigenvalue weighted by molar-refractivity contribution is 0.272. The smallest absolute Gasteiger partial charge is 0.246 e. The van der Waals surface area contributed by atoms with Crippen LogP contribution in [-0.2, 0) is 33.1 Å². The van der Waals surface area contributed by atoms with Crippen LogP contribution in [-0.4, -0.2) is 71.2 Å². The predicted molar refractivity (Wildman–Crippen MR) is 103 cm³/mol. The minimum absolute atomic E-state index is 0.0965. The highest BCUT2D eigenvalue weighted by molar-refractivity contribution is 7.89. The normalized spacial score (nSPS) is 17.3. The van der Waals surface area contributed by atoms with Gasteiger partial charge in [-0.3, -0.25) is 9.36 Å². The highest BCUT2D eigenvalue weighted by Crippen LogP contribution is 2.24. The number of sulfonamides is 2. The van der Waals surface area contributed by atoms with Gasteiger partial charge in [-0.25, -0.2) is 16.8 Å². The van der Waals surface area contributed by atoms with Crippen LogP contribution in [0.1, 0.15) is 25.2 Å². The molecule has 12 heteroatoms. The molecule has 0 unspecified atom stereocenters. The Kier molecular flexibility index (Phi) is 5.67. The summed E-state index contributed by atoms with van der Waals surface area (Å²) in [6, 6.07) is 0. The maximum atomic E-state index is 13.0. The van der Waals surface area contributed by atoms with Gasteiger partial charge in [0.2, 0.25) is 20.0 Å². The first-order valence-electron chi connectivity index (χ1n) is 9.19. The van der Waals surface area contributed by atoms with Crippen LogP contribution in [0, 0.1) is 13.8 Å². The van der Waals surface area contributed by atoms with Gasteiger partial charge in [0.05, 0.1) is 17.6 Å². The fourth-order valence-corrected chi connectivity index (χ4v) is 6.52. The Labute approximate surface area is 165 Å². The first-order valence-corrected chi connectivity index (χ1v) is 12.1. The van der Waals surface area contributed by atoms with E-state index in [1.54, 1.807) is 23.2 Å². The summed E-state index contributed by atoms with van der Waals surface area (Å²) >= 11 is 0. The molecule has 0 spiro atoms. The lowest BCUT2D eigenvalue weighted by Gasteiger charge is -2.33. The second-order valence-electron chi connectivity index (χ2n) is 6.65. The van der Waals surface area contributed by atoms with Gasteiger partial charge in [0.25, 0.3) is 0 Å². The average Bonchev–Trinajstić information content (AvgIpc) is 3.24. The summed E-state index contributed by atoms with van der Waals surface area (Å²) in [5.41, 5.74) is 1.03. The summed E-state index contributed by atoms with van der Waals surface area (Å²) in [6.45, 7) is 8.70. The van der Waals surface area contributed by atoms with Gasteiger partial charge < -0.3 is 0 Å². The monoisotopic (exact) mass is 430 g/mol. The molecule has 10 nitrogen and oxygen atoms in total. The number of nitrogens with zero attached hydrogens (tertiary/aromatic N) is 6. The Bertz CT molecular complexity index is 1020. The largest absolute Gasteiger partial charge is 0.271 e. The molecule has 1 fully saturated rings. The zero-order valence-corrected chi connectivity index (χ0v) is 18.2. The van der Waals surface area contributed by atoms with Gasteiger partial charge in [0.15, 0.2) is 0 Å². The molecule has 0 radical (unpaired) electrons. The fraction of sp³-hybridized carbons (Fsp3) is 0.625. The molecule has 0 N–H and O–H groups in total. The van der Waals surface area contributed by atoms with Crippen molar-refractivity contribution in [3.63, 3.8) is 0 Å². The van der Waals surface area contributed by atoms with Crippen molar-refractivity contribution in [2.24, 2.45) is 0 Å². The summed E-state index contributed by atoms with van der Waals surface area (Å²) in [6.07, 6.45) is 2.88. The predicted octanol–water partition coefficient (Wildman–Crippen LogP) is 0.431. The molecule has 2 aromatic heterocycles. The fourth-order valence-electron chi connectivity index (χ4n) is 3.34. The highest BCUT2D eigenvalue weighted by Gasteiger charge is 2.36. The molecular formula is C16H26N6O4S2. The van der Waals surface area contributed by atoms with E-state index >= 15 is 0 Å². The summed E-state index contributed by atoms with van der Waals surface area (Å²) in [4.78, 5) is 0.344. The third-order valence-corrected chi connectivity index (χ3v) is 9.02. The second kappa shape index (κ2) is 7.58. The Hall–Kier alpha value is -1.76. The number of rotatable bonds is 6. The summed E-state index contributed by atoms with van der Waals surface area (Å²) in [7, 11) is -7.42. The van der Waals surface area contributed by atoms with Crippen molar-refractivity contribution >= 4 is 20.0 Å². The van der Waals surface area contributed by atoms with Gasteiger partial charge in [0, 0.05) is 45.5 Å². The zero-order valence-electron chi connectivity index (χ0n) is 16.5. The molecule has 1 aliphatic heterocycles. The molecule has 1 aliphatic rings. The van der Waals surface area contributed by atoms with Gasteiger partial charge in [-0.1, -0.05) is 0 Å². The molecule has 3 heterocycles. The summed E-state index contributed by atoms with van der Waals surface area (Å²) in [5.74, 6) is 0. The van der Waals surface area contributed by atoms with E-state index < -0.39 is 20.0 Å². The van der Waals surface area contributed by atoms with Gasteiger partial charge in [-0.05, 0) is 27.7 Å². The molecule has 0 bridgehead atoms. The topological polar surface area (TPSA) is 110 Å². The number of aromatic nitrogens is 4. The molecule has 0 amide bonds. The quantitative estimate of drug-likeness (QED) is 0.657.